The van der Waals surface area contributed by atoms with Crippen molar-refractivity contribution in [2.45, 2.75) is 0 Å². The van der Waals surface area contributed by atoms with Gasteiger partial charge in [0.2, 0.25) is 0 Å². The first-order valence-corrected chi connectivity index (χ1v) is 2.40. The molecule has 0 aromatic rings. The fraction of sp³-hybridized carbons (Fsp3) is 0.400. The molecular weight excluding hydrogens is 102 g/mol. The van der Waals surface area contributed by atoms with E-state index in [0.29, 0.717) is 0 Å². The summed E-state index contributed by atoms with van der Waals surface area (Å²) in [7, 11) is 3.54. The monoisotopic (exact) mass is 113 g/mol. The molecule has 0 heterocycles. The van der Waals surface area contributed by atoms with E-state index in [1.54, 1.807) is 25.8 Å². The van der Waals surface area contributed by atoms with Crippen LogP contribution in [-0.4, -0.2) is 20.4 Å². The number of hydrogen-bond donors (Lipinski definition) is 2. The Morgan fingerprint density at radius 3 is 2.62 bits per heavy atom. The van der Waals surface area contributed by atoms with Gasteiger partial charge in [0.25, 0.3) is 0 Å². The second-order valence-electron chi connectivity index (χ2n) is 1.18. The highest BCUT2D eigenvalue weighted by Gasteiger charge is 1.59. The second kappa shape index (κ2) is 6.01. The molecule has 0 aliphatic heterocycles. The summed E-state index contributed by atoms with van der Waals surface area (Å²) in [6, 6.07) is 0. The Balaban J connectivity index is 3.03. The van der Waals surface area contributed by atoms with E-state index in [1.165, 1.54) is 0 Å². The Labute approximate surface area is 49.5 Å². The van der Waals surface area contributed by atoms with Crippen molar-refractivity contribution in [2.24, 2.45) is 4.99 Å². The summed E-state index contributed by atoms with van der Waals surface area (Å²) < 4.78 is 0. The third kappa shape index (κ3) is 5.01. The average Bonchev–Trinajstić information content (AvgIpc) is 1.81. The molecule has 0 saturated heterocycles. The lowest BCUT2D eigenvalue weighted by Gasteiger charge is -1.85. The molecule has 0 saturated carbocycles. The van der Waals surface area contributed by atoms with Crippen molar-refractivity contribution < 1.29 is 0 Å². The lowest BCUT2D eigenvalue weighted by Crippen LogP contribution is -2.02. The van der Waals surface area contributed by atoms with E-state index in [0.717, 1.165) is 0 Å². The highest BCUT2D eigenvalue weighted by molar-refractivity contribution is 5.55. The van der Waals surface area contributed by atoms with Gasteiger partial charge >= 0.3 is 0 Å². The fourth-order valence-electron chi connectivity index (χ4n) is 0.249. The average molecular weight is 113 g/mol. The summed E-state index contributed by atoms with van der Waals surface area (Å²) in [6.07, 6.45) is 5.14. The molecule has 46 valence electrons. The third-order valence-corrected chi connectivity index (χ3v) is 0.550. The molecule has 0 unspecified atom stereocenters. The second-order valence-corrected chi connectivity index (χ2v) is 1.18. The Bertz CT molecular complexity index is 85.7. The van der Waals surface area contributed by atoms with Crippen molar-refractivity contribution in [1.29, 1.82) is 0 Å². The Hall–Kier alpha value is -0.990. The highest BCUT2D eigenvalue weighted by Crippen LogP contribution is 1.53. The molecule has 3 heteroatoms. The minimum absolute atomic E-state index is 1.60. The molecule has 0 radical (unpaired) electrons. The zero-order valence-corrected chi connectivity index (χ0v) is 5.18. The van der Waals surface area contributed by atoms with Crippen LogP contribution in [0.25, 0.3) is 0 Å². The number of nitrogens with zero attached hydrogens (tertiary/aromatic N) is 1. The van der Waals surface area contributed by atoms with E-state index in [4.69, 9.17) is 0 Å². The highest BCUT2D eigenvalue weighted by atomic mass is 14.9. The van der Waals surface area contributed by atoms with Crippen LogP contribution in [0, 0.1) is 0 Å². The lowest BCUT2D eigenvalue weighted by atomic mass is 10.8. The zero-order chi connectivity index (χ0) is 6.24. The Morgan fingerprint density at radius 1 is 1.38 bits per heavy atom. The van der Waals surface area contributed by atoms with E-state index in [2.05, 4.69) is 15.6 Å². The molecule has 2 N–H and O–H groups in total. The maximum Gasteiger partial charge on any atom is 0.0860 e. The maximum atomic E-state index is 3.69. The minimum Gasteiger partial charge on any atom is -0.393 e. The van der Waals surface area contributed by atoms with E-state index < -0.39 is 0 Å². The van der Waals surface area contributed by atoms with Crippen LogP contribution in [0.1, 0.15) is 0 Å². The molecule has 0 spiro atoms. The molecule has 0 amide bonds. The van der Waals surface area contributed by atoms with Gasteiger partial charge in [-0.15, -0.1) is 0 Å². The van der Waals surface area contributed by atoms with Crippen molar-refractivity contribution in [3.8, 4) is 0 Å². The minimum atomic E-state index is 1.60. The predicted octanol–water partition coefficient (Wildman–Crippen LogP) is -0.0753. The van der Waals surface area contributed by atoms with Crippen molar-refractivity contribution in [3.05, 3.63) is 12.4 Å². The van der Waals surface area contributed by atoms with Gasteiger partial charge in [-0.05, 0) is 0 Å². The lowest BCUT2D eigenvalue weighted by molar-refractivity contribution is 1.08. The summed E-state index contributed by atoms with van der Waals surface area (Å²) in [4.78, 5) is 3.69. The smallest absolute Gasteiger partial charge is 0.0860 e. The topological polar surface area (TPSA) is 36.4 Å². The molecule has 8 heavy (non-hydrogen) atoms. The zero-order valence-electron chi connectivity index (χ0n) is 5.18. The first-order chi connectivity index (χ1) is 3.91. The van der Waals surface area contributed by atoms with E-state index in [1.807, 2.05) is 7.05 Å². The molecule has 0 aromatic heterocycles. The molecule has 0 aliphatic carbocycles. The fourth-order valence-corrected chi connectivity index (χ4v) is 0.249. The largest absolute Gasteiger partial charge is 0.393 e. The van der Waals surface area contributed by atoms with Crippen molar-refractivity contribution in [3.63, 3.8) is 0 Å². The summed E-state index contributed by atoms with van der Waals surface area (Å²) >= 11 is 0. The van der Waals surface area contributed by atoms with Gasteiger partial charge in [-0.25, -0.2) is 0 Å². The first kappa shape index (κ1) is 7.01. The Kier molecular flexibility index (Phi) is 5.27. The van der Waals surface area contributed by atoms with Gasteiger partial charge in [-0.2, -0.15) is 0 Å². The van der Waals surface area contributed by atoms with Crippen LogP contribution in [0.3, 0.4) is 0 Å². The molecule has 0 aromatic carbocycles. The summed E-state index contributed by atoms with van der Waals surface area (Å²) in [5.74, 6) is 0. The first-order valence-electron chi connectivity index (χ1n) is 2.40. The molecule has 3 nitrogen and oxygen atoms in total. The molecule has 0 rings (SSSR count). The molecule has 0 atom stereocenters. The van der Waals surface area contributed by atoms with Crippen molar-refractivity contribution in [1.82, 2.24) is 10.6 Å². The molecule has 0 aliphatic rings. The van der Waals surface area contributed by atoms with E-state index in [9.17, 15) is 0 Å². The normalized spacial score (nSPS) is 10.8. The third-order valence-electron chi connectivity index (χ3n) is 0.550. The number of rotatable bonds is 3. The maximum absolute atomic E-state index is 3.69. The van der Waals surface area contributed by atoms with E-state index >= 15 is 0 Å². The number of aliphatic imine (C=N–C) groups is 1. The summed E-state index contributed by atoms with van der Waals surface area (Å²) in [5, 5.41) is 5.62. The van der Waals surface area contributed by atoms with Crippen LogP contribution in [0.15, 0.2) is 17.4 Å². The SMILES string of the molecule is CN=CN/C=C\NC. The van der Waals surface area contributed by atoms with Crippen LogP contribution in [0.5, 0.6) is 0 Å². The van der Waals surface area contributed by atoms with Crippen LogP contribution in [0.2, 0.25) is 0 Å². The van der Waals surface area contributed by atoms with E-state index in [-0.39, 0.29) is 0 Å². The van der Waals surface area contributed by atoms with Crippen LogP contribution in [-0.2, 0) is 0 Å². The molecule has 0 fully saturated rings. The quantitative estimate of drug-likeness (QED) is 0.397. The van der Waals surface area contributed by atoms with Crippen molar-refractivity contribution in [2.75, 3.05) is 14.1 Å². The molecular formula is C5H11N3. The standard InChI is InChI=1S/C5H11N3/c1-6-3-4-8-5-7-2/h3-6H,1-2H3,(H,7,8)/b4-3-. The number of hydrogen-bond acceptors (Lipinski definition) is 2. The van der Waals surface area contributed by atoms with Crippen LogP contribution < -0.4 is 10.6 Å². The van der Waals surface area contributed by atoms with Crippen molar-refractivity contribution >= 4 is 6.34 Å². The van der Waals surface area contributed by atoms with Gasteiger partial charge in [-0.3, -0.25) is 4.99 Å². The molecule has 0 bridgehead atoms. The number of nitrogens with one attached hydrogen (secondary N) is 2. The Morgan fingerprint density at radius 2 is 2.12 bits per heavy atom. The van der Waals surface area contributed by atoms with Gasteiger partial charge in [-0.1, -0.05) is 0 Å². The van der Waals surface area contributed by atoms with Crippen LogP contribution >= 0.6 is 0 Å². The van der Waals surface area contributed by atoms with Gasteiger partial charge < -0.3 is 10.6 Å². The van der Waals surface area contributed by atoms with Crippen LogP contribution in [0.4, 0.5) is 0 Å². The van der Waals surface area contributed by atoms with Gasteiger partial charge in [0.1, 0.15) is 0 Å². The predicted molar refractivity (Wildman–Crippen MR) is 35.8 cm³/mol. The summed E-state index contributed by atoms with van der Waals surface area (Å²) in [5.41, 5.74) is 0. The van der Waals surface area contributed by atoms with Gasteiger partial charge in [0, 0.05) is 26.5 Å². The van der Waals surface area contributed by atoms with Gasteiger partial charge in [0.15, 0.2) is 0 Å². The summed E-state index contributed by atoms with van der Waals surface area (Å²) in [6.45, 7) is 0. The van der Waals surface area contributed by atoms with Gasteiger partial charge in [0.05, 0.1) is 6.34 Å².